The molecule has 0 saturated carbocycles. The summed E-state index contributed by atoms with van der Waals surface area (Å²) in [6, 6.07) is 25.3. The van der Waals surface area contributed by atoms with Crippen molar-refractivity contribution in [3.63, 3.8) is 0 Å². The van der Waals surface area contributed by atoms with E-state index in [1.165, 1.54) is 5.56 Å². The van der Waals surface area contributed by atoms with Gasteiger partial charge in [-0.3, -0.25) is 15.0 Å². The number of hydrazine groups is 1. The van der Waals surface area contributed by atoms with E-state index in [-0.39, 0.29) is 6.54 Å². The van der Waals surface area contributed by atoms with Crippen LogP contribution < -0.4 is 15.6 Å². The Morgan fingerprint density at radius 3 is 2.12 bits per heavy atom. The highest BCUT2D eigenvalue weighted by Crippen LogP contribution is 2.35. The fourth-order valence-electron chi connectivity index (χ4n) is 4.47. The van der Waals surface area contributed by atoms with Gasteiger partial charge < -0.3 is 10.2 Å². The maximum absolute atomic E-state index is 13.6. The van der Waals surface area contributed by atoms with Gasteiger partial charge in [-0.1, -0.05) is 78.9 Å². The van der Waals surface area contributed by atoms with Crippen LogP contribution in [-0.4, -0.2) is 35.9 Å². The number of urea groups is 1. The summed E-state index contributed by atoms with van der Waals surface area (Å²) in [4.78, 5) is 41.3. The zero-order valence-electron chi connectivity index (χ0n) is 17.3. The standard InChI is InChI=1S/C25H22N4O3/c30-22(17-28-16-15-18-9-7-8-14-21(18)28)27-29-23(31)25(26-24(29)32,19-10-3-1-4-11-19)20-12-5-2-6-13-20/h1-14H,15-17H2,(H,26,32)(H,27,30). The molecule has 32 heavy (non-hydrogen) atoms. The van der Waals surface area contributed by atoms with Crippen molar-refractivity contribution >= 4 is 23.5 Å². The number of para-hydroxylation sites is 1. The third-order valence-electron chi connectivity index (χ3n) is 5.99. The van der Waals surface area contributed by atoms with Crippen molar-refractivity contribution in [2.45, 2.75) is 12.0 Å². The molecule has 0 bridgehead atoms. The monoisotopic (exact) mass is 426 g/mol. The van der Waals surface area contributed by atoms with Crippen LogP contribution >= 0.6 is 0 Å². The molecule has 2 aliphatic rings. The first kappa shape index (κ1) is 19.8. The first-order valence-electron chi connectivity index (χ1n) is 10.5. The predicted molar refractivity (Wildman–Crippen MR) is 120 cm³/mol. The summed E-state index contributed by atoms with van der Waals surface area (Å²) in [6.45, 7) is 0.766. The predicted octanol–water partition coefficient (Wildman–Crippen LogP) is 2.58. The molecule has 160 valence electrons. The van der Waals surface area contributed by atoms with Gasteiger partial charge in [0.2, 0.25) is 0 Å². The number of rotatable bonds is 5. The van der Waals surface area contributed by atoms with Crippen molar-refractivity contribution in [1.29, 1.82) is 0 Å². The summed E-state index contributed by atoms with van der Waals surface area (Å²) in [5.74, 6) is -0.975. The molecule has 7 heteroatoms. The van der Waals surface area contributed by atoms with Crippen LogP contribution in [0.3, 0.4) is 0 Å². The first-order valence-corrected chi connectivity index (χ1v) is 10.5. The normalized spacial score (nSPS) is 16.6. The van der Waals surface area contributed by atoms with E-state index in [4.69, 9.17) is 0 Å². The molecule has 1 fully saturated rings. The maximum Gasteiger partial charge on any atom is 0.344 e. The first-order chi connectivity index (χ1) is 15.6. The summed E-state index contributed by atoms with van der Waals surface area (Å²) in [7, 11) is 0. The van der Waals surface area contributed by atoms with E-state index in [1.54, 1.807) is 24.3 Å². The molecule has 2 N–H and O–H groups in total. The molecule has 0 spiro atoms. The molecule has 7 nitrogen and oxygen atoms in total. The van der Waals surface area contributed by atoms with Crippen molar-refractivity contribution in [2.75, 3.05) is 18.0 Å². The molecule has 0 radical (unpaired) electrons. The van der Waals surface area contributed by atoms with E-state index in [1.807, 2.05) is 65.6 Å². The Hall–Kier alpha value is -4.13. The molecular weight excluding hydrogens is 404 g/mol. The van der Waals surface area contributed by atoms with Crippen molar-refractivity contribution in [2.24, 2.45) is 0 Å². The molecule has 3 aromatic rings. The van der Waals surface area contributed by atoms with Crippen molar-refractivity contribution in [3.8, 4) is 0 Å². The molecule has 5 rings (SSSR count). The van der Waals surface area contributed by atoms with E-state index < -0.39 is 23.4 Å². The molecule has 0 aliphatic carbocycles. The van der Waals surface area contributed by atoms with E-state index in [2.05, 4.69) is 10.7 Å². The smallest absolute Gasteiger partial charge is 0.344 e. The average Bonchev–Trinajstić information content (AvgIpc) is 3.35. The molecule has 2 aliphatic heterocycles. The Labute approximate surface area is 185 Å². The van der Waals surface area contributed by atoms with Gasteiger partial charge in [-0.2, -0.15) is 5.01 Å². The Kier molecular flexibility index (Phi) is 4.86. The third kappa shape index (κ3) is 3.19. The second-order valence-corrected chi connectivity index (χ2v) is 7.89. The van der Waals surface area contributed by atoms with Crippen molar-refractivity contribution < 1.29 is 14.4 Å². The van der Waals surface area contributed by atoms with Gasteiger partial charge in [0.25, 0.3) is 11.8 Å². The summed E-state index contributed by atoms with van der Waals surface area (Å²) >= 11 is 0. The van der Waals surface area contributed by atoms with Crippen LogP contribution in [-0.2, 0) is 21.5 Å². The number of carbonyl (C=O) groups excluding carboxylic acids is 3. The molecule has 0 aromatic heterocycles. The van der Waals surface area contributed by atoms with Gasteiger partial charge in [0.15, 0.2) is 5.54 Å². The lowest BCUT2D eigenvalue weighted by Crippen LogP contribution is -2.51. The topological polar surface area (TPSA) is 81.8 Å². The van der Waals surface area contributed by atoms with Gasteiger partial charge in [-0.15, -0.1) is 0 Å². The number of fused-ring (bicyclic) bond motifs is 1. The summed E-state index contributed by atoms with van der Waals surface area (Å²) in [5, 5.41) is 3.62. The van der Waals surface area contributed by atoms with Crippen LogP contribution in [0.25, 0.3) is 0 Å². The molecule has 0 atom stereocenters. The molecule has 0 unspecified atom stereocenters. The number of hydrogen-bond acceptors (Lipinski definition) is 4. The number of nitrogens with zero attached hydrogens (tertiary/aromatic N) is 2. The number of nitrogens with one attached hydrogen (secondary N) is 2. The van der Waals surface area contributed by atoms with Crippen LogP contribution in [0.1, 0.15) is 16.7 Å². The van der Waals surface area contributed by atoms with E-state index in [0.29, 0.717) is 17.7 Å². The van der Waals surface area contributed by atoms with Crippen LogP contribution in [0.2, 0.25) is 0 Å². The maximum atomic E-state index is 13.6. The zero-order chi connectivity index (χ0) is 22.1. The highest BCUT2D eigenvalue weighted by Gasteiger charge is 2.54. The molecular formula is C25H22N4O3. The third-order valence-corrected chi connectivity index (χ3v) is 5.99. The Balaban J connectivity index is 1.41. The molecule has 4 amide bonds. The van der Waals surface area contributed by atoms with Gasteiger partial charge in [0, 0.05) is 12.2 Å². The Bertz CT molecular complexity index is 1140. The molecule has 3 aromatic carbocycles. The number of amides is 4. The van der Waals surface area contributed by atoms with Gasteiger partial charge >= 0.3 is 6.03 Å². The fraction of sp³-hybridized carbons (Fsp3) is 0.160. The quantitative estimate of drug-likeness (QED) is 0.615. The van der Waals surface area contributed by atoms with E-state index in [0.717, 1.165) is 17.1 Å². The molecule has 1 saturated heterocycles. The summed E-state index contributed by atoms with van der Waals surface area (Å²) < 4.78 is 0. The van der Waals surface area contributed by atoms with Crippen LogP contribution in [0.15, 0.2) is 84.9 Å². The minimum absolute atomic E-state index is 0.0533. The largest absolute Gasteiger partial charge is 0.362 e. The second-order valence-electron chi connectivity index (χ2n) is 7.89. The highest BCUT2D eigenvalue weighted by atomic mass is 16.2. The number of imide groups is 1. The van der Waals surface area contributed by atoms with E-state index in [9.17, 15) is 14.4 Å². The summed E-state index contributed by atoms with van der Waals surface area (Å²) in [6.07, 6.45) is 0.859. The highest BCUT2D eigenvalue weighted by molar-refractivity contribution is 6.10. The van der Waals surface area contributed by atoms with Crippen LogP contribution in [0, 0.1) is 0 Å². The number of hydrogen-bond donors (Lipinski definition) is 2. The van der Waals surface area contributed by atoms with Gasteiger partial charge in [0.05, 0.1) is 6.54 Å². The lowest BCUT2D eigenvalue weighted by Gasteiger charge is -2.28. The number of anilines is 1. The average molecular weight is 426 g/mol. The minimum Gasteiger partial charge on any atom is -0.362 e. The van der Waals surface area contributed by atoms with E-state index >= 15 is 0 Å². The van der Waals surface area contributed by atoms with Gasteiger partial charge in [0.1, 0.15) is 0 Å². The lowest BCUT2D eigenvalue weighted by atomic mass is 9.83. The minimum atomic E-state index is -1.41. The number of benzene rings is 3. The molecule has 2 heterocycles. The van der Waals surface area contributed by atoms with Crippen LogP contribution in [0.4, 0.5) is 10.5 Å². The van der Waals surface area contributed by atoms with Crippen molar-refractivity contribution in [3.05, 3.63) is 102 Å². The summed E-state index contributed by atoms with van der Waals surface area (Å²) in [5.41, 5.74) is 4.54. The zero-order valence-corrected chi connectivity index (χ0v) is 17.3. The van der Waals surface area contributed by atoms with Crippen LogP contribution in [0.5, 0.6) is 0 Å². The van der Waals surface area contributed by atoms with Crippen molar-refractivity contribution in [1.82, 2.24) is 15.8 Å². The van der Waals surface area contributed by atoms with Gasteiger partial charge in [-0.05, 0) is 29.2 Å². The Morgan fingerprint density at radius 1 is 0.875 bits per heavy atom. The lowest BCUT2D eigenvalue weighted by molar-refractivity contribution is -0.137. The number of carbonyl (C=O) groups is 3. The van der Waals surface area contributed by atoms with Gasteiger partial charge in [-0.25, -0.2) is 4.79 Å². The SMILES string of the molecule is O=C(CN1CCc2ccccc21)NN1C(=O)NC(c2ccccc2)(c2ccccc2)C1=O. The Morgan fingerprint density at radius 2 is 1.47 bits per heavy atom. The second kappa shape index (κ2) is 7.85. The fourth-order valence-corrected chi connectivity index (χ4v) is 4.47.